The molecule has 2 aliphatic rings. The van der Waals surface area contributed by atoms with E-state index in [0.29, 0.717) is 0 Å². The molecule has 3 N–H and O–H groups in total. The van der Waals surface area contributed by atoms with Gasteiger partial charge in [0.15, 0.2) is 0 Å². The van der Waals surface area contributed by atoms with Crippen molar-refractivity contribution in [3.63, 3.8) is 0 Å². The molecule has 0 aromatic heterocycles. The van der Waals surface area contributed by atoms with Gasteiger partial charge in [-0.05, 0) is 37.1 Å². The number of hydrogen-bond donors (Lipinski definition) is 3. The number of carbonyl (C=O) groups excluding carboxylic acids is 1. The summed E-state index contributed by atoms with van der Waals surface area (Å²) < 4.78 is 0. The lowest BCUT2D eigenvalue weighted by Crippen LogP contribution is -2.46. The van der Waals surface area contributed by atoms with E-state index in [4.69, 9.17) is 16.7 Å². The molecule has 124 valence electrons. The monoisotopic (exact) mass is 335 g/mol. The summed E-state index contributed by atoms with van der Waals surface area (Å²) in [6.07, 6.45) is 5.61. The molecule has 5 nitrogen and oxygen atoms in total. The Bertz CT molecular complexity index is 576. The Morgan fingerprint density at radius 3 is 2.74 bits per heavy atom. The average Bonchev–Trinajstić information content (AvgIpc) is 3.17. The molecule has 1 heterocycles. The molecule has 1 aliphatic heterocycles. The van der Waals surface area contributed by atoms with Crippen LogP contribution in [0.4, 0.5) is 10.5 Å². The Morgan fingerprint density at radius 1 is 1.26 bits per heavy atom. The topological polar surface area (TPSA) is 64.6 Å². The van der Waals surface area contributed by atoms with Crippen LogP contribution in [0.5, 0.6) is 0 Å². The summed E-state index contributed by atoms with van der Waals surface area (Å²) in [7, 11) is 0. The zero-order valence-electron chi connectivity index (χ0n) is 12.9. The molecule has 3 atom stereocenters. The summed E-state index contributed by atoms with van der Waals surface area (Å²) in [5.74, 6) is 0.159. The zero-order chi connectivity index (χ0) is 16.2. The number of carbonyl (C=O) groups is 1. The van der Waals surface area contributed by atoms with Gasteiger partial charge in [-0.25, -0.2) is 4.79 Å². The van der Waals surface area contributed by atoms with Crippen LogP contribution >= 0.6 is 11.6 Å². The maximum absolute atomic E-state index is 12.1. The van der Waals surface area contributed by atoms with Gasteiger partial charge < -0.3 is 20.6 Å². The van der Waals surface area contributed by atoms with E-state index in [0.717, 1.165) is 36.6 Å². The predicted molar refractivity (Wildman–Crippen MR) is 91.9 cm³/mol. The fourth-order valence-electron chi connectivity index (χ4n) is 3.18. The van der Waals surface area contributed by atoms with E-state index in [1.165, 1.54) is 0 Å². The fraction of sp³-hybridized carbons (Fsp3) is 0.471. The number of benzene rings is 1. The molecular weight excluding hydrogens is 314 g/mol. The minimum Gasteiger partial charge on any atom is -0.396 e. The molecule has 1 fully saturated rings. The van der Waals surface area contributed by atoms with Crippen LogP contribution < -0.4 is 15.5 Å². The number of amides is 2. The third kappa shape index (κ3) is 4.18. The molecule has 1 saturated heterocycles. The highest BCUT2D eigenvalue weighted by atomic mass is 35.5. The largest absolute Gasteiger partial charge is 0.396 e. The van der Waals surface area contributed by atoms with Crippen LogP contribution in [0.1, 0.15) is 12.8 Å². The van der Waals surface area contributed by atoms with Crippen LogP contribution in [0.2, 0.25) is 5.02 Å². The molecule has 0 saturated carbocycles. The number of nitrogens with one attached hydrogen (secondary N) is 2. The van der Waals surface area contributed by atoms with Gasteiger partial charge in [0.1, 0.15) is 0 Å². The van der Waals surface area contributed by atoms with Gasteiger partial charge in [-0.1, -0.05) is 23.8 Å². The second-order valence-corrected chi connectivity index (χ2v) is 6.63. The first-order valence-electron chi connectivity index (χ1n) is 8.01. The van der Waals surface area contributed by atoms with Gasteiger partial charge in [0.05, 0.1) is 0 Å². The molecule has 0 bridgehead atoms. The number of aliphatic hydroxyl groups excluding tert-OH is 1. The molecule has 3 rings (SSSR count). The maximum atomic E-state index is 12.1. The average molecular weight is 336 g/mol. The molecular formula is C17H22ClN3O2. The van der Waals surface area contributed by atoms with Crippen LogP contribution in [-0.2, 0) is 0 Å². The summed E-state index contributed by atoms with van der Waals surface area (Å²) in [4.78, 5) is 14.3. The first-order chi connectivity index (χ1) is 11.1. The lowest BCUT2D eigenvalue weighted by Gasteiger charge is -2.20. The summed E-state index contributed by atoms with van der Waals surface area (Å²) in [6, 6.07) is 7.79. The standard InChI is InChI=1S/C17H22ClN3O2/c18-13-2-5-16(6-3-13)21-8-7-15(10-21)20-17(23)19-14-4-1-12(9-14)11-22/h1-6,12,14-15,22H,7-11H2,(H2,19,20,23)/t12-,14+,15?/m0/s1. The number of nitrogens with zero attached hydrogens (tertiary/aromatic N) is 1. The van der Waals surface area contributed by atoms with E-state index in [1.54, 1.807) is 0 Å². The molecule has 1 aromatic rings. The first kappa shape index (κ1) is 16.1. The molecule has 1 aromatic carbocycles. The van der Waals surface area contributed by atoms with Gasteiger partial charge in [-0.15, -0.1) is 0 Å². The Kier molecular flexibility index (Phi) is 5.08. The Balaban J connectivity index is 1.45. The third-order valence-electron chi connectivity index (χ3n) is 4.44. The van der Waals surface area contributed by atoms with Crippen molar-refractivity contribution in [3.8, 4) is 0 Å². The van der Waals surface area contributed by atoms with E-state index in [9.17, 15) is 4.79 Å². The van der Waals surface area contributed by atoms with Crippen molar-refractivity contribution in [2.75, 3.05) is 24.6 Å². The highest BCUT2D eigenvalue weighted by Crippen LogP contribution is 2.22. The van der Waals surface area contributed by atoms with Gasteiger partial charge in [-0.3, -0.25) is 0 Å². The first-order valence-corrected chi connectivity index (χ1v) is 8.38. The van der Waals surface area contributed by atoms with Gasteiger partial charge in [-0.2, -0.15) is 0 Å². The van der Waals surface area contributed by atoms with Crippen LogP contribution in [0.15, 0.2) is 36.4 Å². The SMILES string of the molecule is O=C(NC1CCN(c2ccc(Cl)cc2)C1)N[C@@H]1C=C[C@H](CO)C1. The Morgan fingerprint density at radius 2 is 2.04 bits per heavy atom. The van der Waals surface area contributed by atoms with Crippen molar-refractivity contribution in [1.29, 1.82) is 0 Å². The molecule has 23 heavy (non-hydrogen) atoms. The van der Waals surface area contributed by atoms with E-state index in [-0.39, 0.29) is 30.6 Å². The number of rotatable bonds is 4. The summed E-state index contributed by atoms with van der Waals surface area (Å²) in [5.41, 5.74) is 1.13. The number of halogens is 1. The van der Waals surface area contributed by atoms with Crippen molar-refractivity contribution in [2.45, 2.75) is 24.9 Å². The van der Waals surface area contributed by atoms with Crippen molar-refractivity contribution in [1.82, 2.24) is 10.6 Å². The van der Waals surface area contributed by atoms with Crippen LogP contribution in [0.3, 0.4) is 0 Å². The van der Waals surface area contributed by atoms with E-state index >= 15 is 0 Å². The van der Waals surface area contributed by atoms with Crippen LogP contribution in [0.25, 0.3) is 0 Å². The van der Waals surface area contributed by atoms with Crippen LogP contribution in [-0.4, -0.2) is 42.9 Å². The Hall–Kier alpha value is -1.72. The second-order valence-electron chi connectivity index (χ2n) is 6.20. The minimum absolute atomic E-state index is 0.0147. The van der Waals surface area contributed by atoms with Gasteiger partial charge in [0.25, 0.3) is 0 Å². The maximum Gasteiger partial charge on any atom is 0.315 e. The predicted octanol–water partition coefficient (Wildman–Crippen LogP) is 2.15. The van der Waals surface area contributed by atoms with Gasteiger partial charge >= 0.3 is 6.03 Å². The van der Waals surface area contributed by atoms with Gasteiger partial charge in [0.2, 0.25) is 0 Å². The molecule has 1 aliphatic carbocycles. The molecule has 0 spiro atoms. The minimum atomic E-state index is -0.138. The van der Waals surface area contributed by atoms with E-state index < -0.39 is 0 Å². The summed E-state index contributed by atoms with van der Waals surface area (Å²) in [5, 5.41) is 15.8. The number of anilines is 1. The summed E-state index contributed by atoms with van der Waals surface area (Å²) in [6.45, 7) is 1.85. The van der Waals surface area contributed by atoms with Crippen molar-refractivity contribution in [2.24, 2.45) is 5.92 Å². The van der Waals surface area contributed by atoms with Crippen molar-refractivity contribution < 1.29 is 9.90 Å². The smallest absolute Gasteiger partial charge is 0.315 e. The Labute approximate surface area is 141 Å². The number of urea groups is 1. The molecule has 1 unspecified atom stereocenters. The van der Waals surface area contributed by atoms with E-state index in [1.807, 2.05) is 36.4 Å². The molecule has 6 heteroatoms. The summed E-state index contributed by atoms with van der Waals surface area (Å²) >= 11 is 5.91. The van der Waals surface area contributed by atoms with E-state index in [2.05, 4.69) is 15.5 Å². The van der Waals surface area contributed by atoms with Crippen molar-refractivity contribution in [3.05, 3.63) is 41.4 Å². The molecule has 0 radical (unpaired) electrons. The lowest BCUT2D eigenvalue weighted by molar-refractivity contribution is 0.229. The fourth-order valence-corrected chi connectivity index (χ4v) is 3.30. The number of hydrogen-bond acceptors (Lipinski definition) is 3. The highest BCUT2D eigenvalue weighted by molar-refractivity contribution is 6.30. The third-order valence-corrected chi connectivity index (χ3v) is 4.69. The molecule has 2 amide bonds. The zero-order valence-corrected chi connectivity index (χ0v) is 13.7. The van der Waals surface area contributed by atoms with Crippen molar-refractivity contribution >= 4 is 23.3 Å². The highest BCUT2D eigenvalue weighted by Gasteiger charge is 2.25. The lowest BCUT2D eigenvalue weighted by atomic mass is 10.1. The van der Waals surface area contributed by atoms with Gasteiger partial charge in [0, 0.05) is 48.4 Å². The number of aliphatic hydroxyl groups is 1. The normalized spacial score (nSPS) is 26.5. The van der Waals surface area contributed by atoms with Crippen LogP contribution in [0, 0.1) is 5.92 Å². The quantitative estimate of drug-likeness (QED) is 0.739. The second kappa shape index (κ2) is 7.23.